The molecule has 1 aliphatic carbocycles. The Morgan fingerprint density at radius 3 is 2.89 bits per heavy atom. The Bertz CT molecular complexity index is 554. The highest BCUT2D eigenvalue weighted by Crippen LogP contribution is 2.45. The van der Waals surface area contributed by atoms with Crippen molar-refractivity contribution < 1.29 is 4.74 Å². The lowest BCUT2D eigenvalue weighted by atomic mass is 9.69. The van der Waals surface area contributed by atoms with Gasteiger partial charge in [0.2, 0.25) is 0 Å². The second-order valence-electron chi connectivity index (χ2n) is 4.92. The first-order chi connectivity index (χ1) is 8.77. The van der Waals surface area contributed by atoms with Crippen molar-refractivity contribution in [1.29, 1.82) is 0 Å². The Morgan fingerprint density at radius 1 is 1.44 bits per heavy atom. The lowest BCUT2D eigenvalue weighted by molar-refractivity contribution is 0.252. The lowest BCUT2D eigenvalue weighted by Crippen LogP contribution is -2.41. The van der Waals surface area contributed by atoms with Crippen LogP contribution in [0.5, 0.6) is 5.75 Å². The number of nitrogens with two attached hydrogens (primary N) is 1. The molecule has 96 valence electrons. The van der Waals surface area contributed by atoms with Gasteiger partial charge in [-0.05, 0) is 38.0 Å². The van der Waals surface area contributed by atoms with E-state index in [1.807, 2.05) is 19.1 Å². The van der Waals surface area contributed by atoms with Crippen LogP contribution >= 0.6 is 11.3 Å². The van der Waals surface area contributed by atoms with Crippen LogP contribution in [0.2, 0.25) is 0 Å². The molecule has 3 rings (SSSR count). The van der Waals surface area contributed by atoms with Crippen LogP contribution in [0, 0.1) is 0 Å². The van der Waals surface area contributed by atoms with Gasteiger partial charge in [-0.3, -0.25) is 0 Å². The molecule has 2 aromatic rings. The Hall–Kier alpha value is -1.13. The summed E-state index contributed by atoms with van der Waals surface area (Å²) < 4.78 is 6.73. The Morgan fingerprint density at radius 2 is 2.28 bits per heavy atom. The van der Waals surface area contributed by atoms with Crippen LogP contribution in [0.3, 0.4) is 0 Å². The van der Waals surface area contributed by atoms with Crippen molar-refractivity contribution in [3.63, 3.8) is 0 Å². The summed E-state index contributed by atoms with van der Waals surface area (Å²) in [6.45, 7) is 3.41. The van der Waals surface area contributed by atoms with Gasteiger partial charge in [0.05, 0.1) is 16.8 Å². The molecule has 1 aromatic heterocycles. The molecule has 0 amide bonds. The number of hydrogen-bond donors (Lipinski definition) is 1. The highest BCUT2D eigenvalue weighted by atomic mass is 32.1. The summed E-state index contributed by atoms with van der Waals surface area (Å²) in [5.74, 6) is 0.926. The summed E-state index contributed by atoms with van der Waals surface area (Å²) >= 11 is 1.77. The average Bonchev–Trinajstić information content (AvgIpc) is 2.72. The van der Waals surface area contributed by atoms with E-state index in [9.17, 15) is 0 Å². The number of aromatic nitrogens is 1. The summed E-state index contributed by atoms with van der Waals surface area (Å²) in [6, 6.07) is 6.12. The molecule has 1 aromatic carbocycles. The highest BCUT2D eigenvalue weighted by molar-refractivity contribution is 7.18. The van der Waals surface area contributed by atoms with Gasteiger partial charge in [0, 0.05) is 12.0 Å². The van der Waals surface area contributed by atoms with Crippen LogP contribution in [-0.4, -0.2) is 18.1 Å². The maximum absolute atomic E-state index is 5.94. The molecule has 18 heavy (non-hydrogen) atoms. The molecule has 1 heterocycles. The molecule has 0 spiro atoms. The molecule has 1 aliphatic rings. The van der Waals surface area contributed by atoms with E-state index in [0.717, 1.165) is 11.3 Å². The number of ether oxygens (including phenoxy) is 1. The topological polar surface area (TPSA) is 48.1 Å². The molecule has 4 heteroatoms. The van der Waals surface area contributed by atoms with Crippen molar-refractivity contribution in [2.24, 2.45) is 5.73 Å². The normalized spacial score (nSPS) is 17.7. The minimum Gasteiger partial charge on any atom is -0.494 e. The van der Waals surface area contributed by atoms with E-state index in [1.165, 1.54) is 29.0 Å². The molecule has 2 N–H and O–H groups in total. The van der Waals surface area contributed by atoms with E-state index in [-0.39, 0.29) is 5.41 Å². The zero-order chi connectivity index (χ0) is 12.6. The molecular weight excluding hydrogens is 244 g/mol. The predicted molar refractivity (Wildman–Crippen MR) is 75.4 cm³/mol. The number of fused-ring (bicyclic) bond motifs is 1. The van der Waals surface area contributed by atoms with Crippen LogP contribution in [0.1, 0.15) is 31.2 Å². The number of nitrogens with zero attached hydrogens (tertiary/aromatic N) is 1. The fraction of sp³-hybridized carbons (Fsp3) is 0.500. The summed E-state index contributed by atoms with van der Waals surface area (Å²) in [6.07, 6.45) is 3.64. The van der Waals surface area contributed by atoms with Gasteiger partial charge in [0.15, 0.2) is 0 Å². The fourth-order valence-corrected chi connectivity index (χ4v) is 3.75. The second-order valence-corrected chi connectivity index (χ2v) is 5.95. The largest absolute Gasteiger partial charge is 0.494 e. The van der Waals surface area contributed by atoms with E-state index in [2.05, 4.69) is 6.07 Å². The van der Waals surface area contributed by atoms with Crippen molar-refractivity contribution in [1.82, 2.24) is 4.98 Å². The summed E-state index contributed by atoms with van der Waals surface area (Å²) in [4.78, 5) is 4.76. The maximum atomic E-state index is 5.94. The van der Waals surface area contributed by atoms with Crippen LogP contribution in [0.4, 0.5) is 0 Å². The molecule has 0 saturated heterocycles. The van der Waals surface area contributed by atoms with Crippen molar-refractivity contribution in [3.05, 3.63) is 23.2 Å². The Kier molecular flexibility index (Phi) is 2.99. The Labute approximate surface area is 111 Å². The van der Waals surface area contributed by atoms with Crippen LogP contribution in [0.15, 0.2) is 18.2 Å². The Balaban J connectivity index is 2.00. The molecule has 3 nitrogen and oxygen atoms in total. The maximum Gasteiger partial charge on any atom is 0.120 e. The molecule has 0 aliphatic heterocycles. The molecular formula is C14H18N2OS. The summed E-state index contributed by atoms with van der Waals surface area (Å²) in [5.41, 5.74) is 7.17. The van der Waals surface area contributed by atoms with Gasteiger partial charge in [0.1, 0.15) is 10.8 Å². The van der Waals surface area contributed by atoms with E-state index in [0.29, 0.717) is 13.2 Å². The van der Waals surface area contributed by atoms with Gasteiger partial charge in [-0.1, -0.05) is 6.42 Å². The first-order valence-electron chi connectivity index (χ1n) is 6.51. The quantitative estimate of drug-likeness (QED) is 0.921. The predicted octanol–water partition coefficient (Wildman–Crippen LogP) is 3.08. The van der Waals surface area contributed by atoms with E-state index in [1.54, 1.807) is 11.3 Å². The van der Waals surface area contributed by atoms with Gasteiger partial charge in [-0.2, -0.15) is 0 Å². The van der Waals surface area contributed by atoms with Crippen molar-refractivity contribution in [3.8, 4) is 5.75 Å². The molecule has 1 fully saturated rings. The lowest BCUT2D eigenvalue weighted by Gasteiger charge is -2.38. The first-order valence-corrected chi connectivity index (χ1v) is 7.33. The molecule has 0 unspecified atom stereocenters. The van der Waals surface area contributed by atoms with Gasteiger partial charge in [-0.25, -0.2) is 4.98 Å². The first kappa shape index (κ1) is 11.9. The number of rotatable bonds is 4. The van der Waals surface area contributed by atoms with Gasteiger partial charge in [-0.15, -0.1) is 11.3 Å². The molecule has 1 saturated carbocycles. The monoisotopic (exact) mass is 262 g/mol. The third kappa shape index (κ3) is 1.80. The molecule has 0 bridgehead atoms. The minimum absolute atomic E-state index is 0.162. The number of thiazole rings is 1. The van der Waals surface area contributed by atoms with E-state index >= 15 is 0 Å². The summed E-state index contributed by atoms with van der Waals surface area (Å²) in [5, 5.41) is 1.21. The second kappa shape index (κ2) is 4.52. The van der Waals surface area contributed by atoms with Crippen LogP contribution < -0.4 is 10.5 Å². The van der Waals surface area contributed by atoms with E-state index in [4.69, 9.17) is 15.5 Å². The van der Waals surface area contributed by atoms with Gasteiger partial charge >= 0.3 is 0 Å². The van der Waals surface area contributed by atoms with Crippen molar-refractivity contribution in [2.75, 3.05) is 13.2 Å². The molecule has 0 radical (unpaired) electrons. The SMILES string of the molecule is CCOc1ccc2nc(C3(CN)CCC3)sc2c1. The van der Waals surface area contributed by atoms with Crippen LogP contribution in [0.25, 0.3) is 10.2 Å². The van der Waals surface area contributed by atoms with Crippen molar-refractivity contribution >= 4 is 21.6 Å². The average molecular weight is 262 g/mol. The zero-order valence-electron chi connectivity index (χ0n) is 10.6. The molecule has 0 atom stereocenters. The van der Waals surface area contributed by atoms with Gasteiger partial charge in [0.25, 0.3) is 0 Å². The number of benzene rings is 1. The highest BCUT2D eigenvalue weighted by Gasteiger charge is 2.40. The van der Waals surface area contributed by atoms with Crippen molar-refractivity contribution in [2.45, 2.75) is 31.6 Å². The zero-order valence-corrected chi connectivity index (χ0v) is 11.4. The van der Waals surface area contributed by atoms with Crippen LogP contribution in [-0.2, 0) is 5.41 Å². The standard InChI is InChI=1S/C14H18N2OS/c1-2-17-10-4-5-11-12(8-10)18-13(16-11)14(9-15)6-3-7-14/h4-5,8H,2-3,6-7,9,15H2,1H3. The third-order valence-electron chi connectivity index (χ3n) is 3.83. The van der Waals surface area contributed by atoms with Gasteiger partial charge < -0.3 is 10.5 Å². The fourth-order valence-electron chi connectivity index (χ4n) is 2.50. The van der Waals surface area contributed by atoms with E-state index < -0.39 is 0 Å². The third-order valence-corrected chi connectivity index (χ3v) is 5.09. The summed E-state index contributed by atoms with van der Waals surface area (Å²) in [7, 11) is 0. The minimum atomic E-state index is 0.162. The smallest absolute Gasteiger partial charge is 0.120 e. The number of hydrogen-bond acceptors (Lipinski definition) is 4.